The van der Waals surface area contributed by atoms with Crippen molar-refractivity contribution >= 4 is 23.5 Å². The van der Waals surface area contributed by atoms with Crippen LogP contribution >= 0.6 is 0 Å². The van der Waals surface area contributed by atoms with Crippen LogP contribution in [0.4, 0.5) is 0 Å². The highest BCUT2D eigenvalue weighted by molar-refractivity contribution is 5.97. The lowest BCUT2D eigenvalue weighted by molar-refractivity contribution is -0.126. The Morgan fingerprint density at radius 2 is 1.23 bits per heavy atom. The number of carbonyl (C=O) groups excluding carboxylic acids is 2. The molecule has 26 heavy (non-hydrogen) atoms. The molecule has 0 fully saturated rings. The number of hydrazone groups is 2. The maximum Gasteiger partial charge on any atom is 0.240 e. The van der Waals surface area contributed by atoms with Gasteiger partial charge in [-0.3, -0.25) is 19.6 Å². The highest BCUT2D eigenvalue weighted by Crippen LogP contribution is 1.94. The SMILES string of the molecule is N/C(=N\NC(=O)CCC(=O)N/N=C(\N)c1ccccn1)c1ccccn1. The van der Waals surface area contributed by atoms with Gasteiger partial charge in [0.25, 0.3) is 0 Å². The van der Waals surface area contributed by atoms with Crippen molar-refractivity contribution in [1.82, 2.24) is 20.8 Å². The Hall–Kier alpha value is -3.82. The van der Waals surface area contributed by atoms with Crippen molar-refractivity contribution in [2.24, 2.45) is 21.7 Å². The molecule has 6 N–H and O–H groups in total. The smallest absolute Gasteiger partial charge is 0.240 e. The molecule has 0 aliphatic carbocycles. The zero-order valence-electron chi connectivity index (χ0n) is 13.8. The first-order chi connectivity index (χ1) is 12.6. The van der Waals surface area contributed by atoms with Crippen LogP contribution in [-0.4, -0.2) is 33.5 Å². The number of nitrogens with two attached hydrogens (primary N) is 2. The van der Waals surface area contributed by atoms with Crippen molar-refractivity contribution in [1.29, 1.82) is 0 Å². The van der Waals surface area contributed by atoms with E-state index in [4.69, 9.17) is 11.5 Å². The van der Waals surface area contributed by atoms with Crippen LogP contribution in [0.5, 0.6) is 0 Å². The lowest BCUT2D eigenvalue weighted by Gasteiger charge is -2.03. The number of nitrogens with zero attached hydrogens (tertiary/aromatic N) is 4. The minimum atomic E-state index is -0.472. The third-order valence-corrected chi connectivity index (χ3v) is 3.04. The molecule has 10 nitrogen and oxygen atoms in total. The minimum Gasteiger partial charge on any atom is -0.380 e. The van der Waals surface area contributed by atoms with Crippen LogP contribution in [0, 0.1) is 0 Å². The van der Waals surface area contributed by atoms with Crippen molar-refractivity contribution in [3.8, 4) is 0 Å². The van der Waals surface area contributed by atoms with Gasteiger partial charge in [-0.15, -0.1) is 0 Å². The van der Waals surface area contributed by atoms with Gasteiger partial charge in [0.1, 0.15) is 11.4 Å². The summed E-state index contributed by atoms with van der Waals surface area (Å²) in [5.41, 5.74) is 16.8. The average Bonchev–Trinajstić information content (AvgIpc) is 2.69. The number of hydrogen-bond donors (Lipinski definition) is 4. The van der Waals surface area contributed by atoms with E-state index in [1.807, 2.05) is 0 Å². The van der Waals surface area contributed by atoms with Gasteiger partial charge >= 0.3 is 0 Å². The highest BCUT2D eigenvalue weighted by Gasteiger charge is 2.07. The molecule has 0 saturated heterocycles. The van der Waals surface area contributed by atoms with Crippen molar-refractivity contribution < 1.29 is 9.59 Å². The summed E-state index contributed by atoms with van der Waals surface area (Å²) in [4.78, 5) is 31.4. The van der Waals surface area contributed by atoms with Gasteiger partial charge in [-0.25, -0.2) is 10.9 Å². The molecule has 0 aliphatic heterocycles. The molecular formula is C16H18N8O2. The first-order valence-electron chi connectivity index (χ1n) is 7.63. The highest BCUT2D eigenvalue weighted by atomic mass is 16.2. The quantitative estimate of drug-likeness (QED) is 0.296. The van der Waals surface area contributed by atoms with Crippen molar-refractivity contribution in [2.75, 3.05) is 0 Å². The summed E-state index contributed by atoms with van der Waals surface area (Å²) in [6.07, 6.45) is 2.93. The first kappa shape index (κ1) is 18.5. The Labute approximate surface area is 149 Å². The Kier molecular flexibility index (Phi) is 6.74. The van der Waals surface area contributed by atoms with Crippen molar-refractivity contribution in [2.45, 2.75) is 12.8 Å². The molecule has 10 heteroatoms. The third kappa shape index (κ3) is 6.00. The van der Waals surface area contributed by atoms with Gasteiger partial charge in [0, 0.05) is 25.2 Å². The predicted molar refractivity (Wildman–Crippen MR) is 95.4 cm³/mol. The Balaban J connectivity index is 1.76. The van der Waals surface area contributed by atoms with Crippen LogP contribution in [-0.2, 0) is 9.59 Å². The van der Waals surface area contributed by atoms with E-state index in [2.05, 4.69) is 31.0 Å². The van der Waals surface area contributed by atoms with Crippen LogP contribution in [0.25, 0.3) is 0 Å². The topological polar surface area (TPSA) is 161 Å². The molecule has 0 unspecified atom stereocenters. The number of amidine groups is 2. The number of hydrogen-bond acceptors (Lipinski definition) is 6. The molecule has 2 aromatic rings. The van der Waals surface area contributed by atoms with Crippen LogP contribution < -0.4 is 22.3 Å². The molecule has 0 saturated carbocycles. The van der Waals surface area contributed by atoms with Crippen molar-refractivity contribution in [3.63, 3.8) is 0 Å². The van der Waals surface area contributed by atoms with Crippen LogP contribution in [0.2, 0.25) is 0 Å². The molecule has 0 spiro atoms. The minimum absolute atomic E-state index is 0.0659. The molecule has 2 amide bonds. The summed E-state index contributed by atoms with van der Waals surface area (Å²) >= 11 is 0. The van der Waals surface area contributed by atoms with Gasteiger partial charge < -0.3 is 11.5 Å². The second kappa shape index (κ2) is 9.47. The van der Waals surface area contributed by atoms with E-state index in [-0.39, 0.29) is 24.5 Å². The molecule has 134 valence electrons. The Morgan fingerprint density at radius 1 is 0.808 bits per heavy atom. The van der Waals surface area contributed by atoms with Gasteiger partial charge in [0.05, 0.1) is 0 Å². The molecule has 0 radical (unpaired) electrons. The maximum atomic E-state index is 11.7. The van der Waals surface area contributed by atoms with E-state index in [1.54, 1.807) is 48.8 Å². The fourth-order valence-electron chi connectivity index (χ4n) is 1.73. The van der Waals surface area contributed by atoms with E-state index < -0.39 is 11.8 Å². The zero-order valence-corrected chi connectivity index (χ0v) is 13.8. The summed E-state index contributed by atoms with van der Waals surface area (Å²) in [5.74, 6) is -0.811. The summed E-state index contributed by atoms with van der Waals surface area (Å²) in [5, 5.41) is 7.46. The van der Waals surface area contributed by atoms with E-state index in [0.29, 0.717) is 11.4 Å². The van der Waals surface area contributed by atoms with E-state index in [1.165, 1.54) is 0 Å². The monoisotopic (exact) mass is 354 g/mol. The number of rotatable bonds is 7. The molecule has 0 bridgehead atoms. The fraction of sp³-hybridized carbons (Fsp3) is 0.125. The molecule has 0 aliphatic rings. The van der Waals surface area contributed by atoms with E-state index in [9.17, 15) is 9.59 Å². The number of nitrogens with one attached hydrogen (secondary N) is 2. The predicted octanol–water partition coefficient (Wildman–Crippen LogP) is -0.570. The van der Waals surface area contributed by atoms with Crippen LogP contribution in [0.3, 0.4) is 0 Å². The second-order valence-corrected chi connectivity index (χ2v) is 4.99. The molecule has 2 heterocycles. The average molecular weight is 354 g/mol. The third-order valence-electron chi connectivity index (χ3n) is 3.04. The Bertz CT molecular complexity index is 736. The fourth-order valence-corrected chi connectivity index (χ4v) is 1.73. The van der Waals surface area contributed by atoms with E-state index in [0.717, 1.165) is 0 Å². The summed E-state index contributed by atoms with van der Waals surface area (Å²) in [7, 11) is 0. The van der Waals surface area contributed by atoms with Gasteiger partial charge in [0.15, 0.2) is 11.7 Å². The first-order valence-corrected chi connectivity index (χ1v) is 7.63. The molecule has 0 atom stereocenters. The van der Waals surface area contributed by atoms with Gasteiger partial charge in [-0.1, -0.05) is 12.1 Å². The number of amides is 2. The van der Waals surface area contributed by atoms with Crippen molar-refractivity contribution in [3.05, 3.63) is 60.2 Å². The summed E-state index contributed by atoms with van der Waals surface area (Å²) in [6, 6.07) is 10.3. The summed E-state index contributed by atoms with van der Waals surface area (Å²) < 4.78 is 0. The lowest BCUT2D eigenvalue weighted by Crippen LogP contribution is -2.27. The molecule has 2 aromatic heterocycles. The van der Waals surface area contributed by atoms with E-state index >= 15 is 0 Å². The summed E-state index contributed by atoms with van der Waals surface area (Å²) in [6.45, 7) is 0. The van der Waals surface area contributed by atoms with Gasteiger partial charge in [-0.2, -0.15) is 10.2 Å². The molecule has 2 rings (SSSR count). The largest absolute Gasteiger partial charge is 0.380 e. The Morgan fingerprint density at radius 3 is 1.58 bits per heavy atom. The lowest BCUT2D eigenvalue weighted by atomic mass is 10.3. The molecular weight excluding hydrogens is 336 g/mol. The van der Waals surface area contributed by atoms with Gasteiger partial charge in [0.2, 0.25) is 11.8 Å². The number of carbonyl (C=O) groups is 2. The number of aromatic nitrogens is 2. The normalized spacial score (nSPS) is 11.7. The second-order valence-electron chi connectivity index (χ2n) is 4.99. The van der Waals surface area contributed by atoms with Gasteiger partial charge in [-0.05, 0) is 24.3 Å². The number of pyridine rings is 2. The zero-order chi connectivity index (χ0) is 18.8. The maximum absolute atomic E-state index is 11.7. The standard InChI is InChI=1S/C16H18N8O2/c17-15(11-5-1-3-9-19-11)23-21-13(25)7-8-14(26)22-24-16(18)12-6-2-4-10-20-12/h1-6,9-10H,7-8H2,(H2,17,23)(H2,18,24)(H,21,25)(H,22,26). The molecule has 0 aromatic carbocycles. The van der Waals surface area contributed by atoms with Crippen LogP contribution in [0.15, 0.2) is 59.0 Å². The van der Waals surface area contributed by atoms with Crippen LogP contribution in [0.1, 0.15) is 24.2 Å².